The second kappa shape index (κ2) is 7.88. The van der Waals surface area contributed by atoms with Gasteiger partial charge in [0.15, 0.2) is 5.84 Å². The molecule has 4 N–H and O–H groups in total. The lowest BCUT2D eigenvalue weighted by Crippen LogP contribution is -2.44. The first-order chi connectivity index (χ1) is 8.69. The van der Waals surface area contributed by atoms with Crippen molar-refractivity contribution in [1.29, 1.82) is 0 Å². The SMILES string of the molecule is CCC(C(=O)NCCN1CCOCC1)C(N)=NO. The maximum Gasteiger partial charge on any atom is 0.230 e. The number of amidine groups is 1. The molecule has 0 spiro atoms. The van der Waals surface area contributed by atoms with Gasteiger partial charge in [0.25, 0.3) is 0 Å². The fraction of sp³-hybridized carbons (Fsp3) is 0.818. The normalized spacial score (nSPS) is 19.5. The summed E-state index contributed by atoms with van der Waals surface area (Å²) in [4.78, 5) is 14.0. The fourth-order valence-electron chi connectivity index (χ4n) is 1.88. The molecule has 7 nitrogen and oxygen atoms in total. The Hall–Kier alpha value is -1.34. The number of amides is 1. The van der Waals surface area contributed by atoms with Gasteiger partial charge in [-0.15, -0.1) is 0 Å². The molecule has 0 aromatic carbocycles. The summed E-state index contributed by atoms with van der Waals surface area (Å²) in [5.41, 5.74) is 5.46. The van der Waals surface area contributed by atoms with Crippen LogP contribution in [-0.2, 0) is 9.53 Å². The van der Waals surface area contributed by atoms with E-state index in [0.717, 1.165) is 32.8 Å². The summed E-state index contributed by atoms with van der Waals surface area (Å²) in [6.07, 6.45) is 0.513. The third-order valence-electron chi connectivity index (χ3n) is 3.03. The average Bonchev–Trinajstić information content (AvgIpc) is 2.40. The van der Waals surface area contributed by atoms with E-state index in [2.05, 4.69) is 15.4 Å². The number of nitrogens with two attached hydrogens (primary N) is 1. The molecule has 1 unspecified atom stereocenters. The topological polar surface area (TPSA) is 100 Å². The molecule has 1 heterocycles. The van der Waals surface area contributed by atoms with E-state index < -0.39 is 5.92 Å². The van der Waals surface area contributed by atoms with Crippen LogP contribution >= 0.6 is 0 Å². The van der Waals surface area contributed by atoms with Crippen molar-refractivity contribution in [2.45, 2.75) is 13.3 Å². The van der Waals surface area contributed by atoms with E-state index >= 15 is 0 Å². The van der Waals surface area contributed by atoms with Gasteiger partial charge in [-0.1, -0.05) is 12.1 Å². The molecule has 1 atom stereocenters. The Morgan fingerprint density at radius 3 is 2.78 bits per heavy atom. The Morgan fingerprint density at radius 2 is 2.22 bits per heavy atom. The number of carbonyl (C=O) groups excluding carboxylic acids is 1. The van der Waals surface area contributed by atoms with E-state index in [1.165, 1.54) is 0 Å². The molecule has 0 aliphatic carbocycles. The van der Waals surface area contributed by atoms with Crippen LogP contribution in [0.15, 0.2) is 5.16 Å². The number of hydrogen-bond acceptors (Lipinski definition) is 5. The maximum atomic E-state index is 11.8. The lowest BCUT2D eigenvalue weighted by molar-refractivity contribution is -0.123. The minimum Gasteiger partial charge on any atom is -0.409 e. The molecular weight excluding hydrogens is 236 g/mol. The summed E-state index contributed by atoms with van der Waals surface area (Å²) in [5.74, 6) is -0.790. The molecule has 1 fully saturated rings. The monoisotopic (exact) mass is 258 g/mol. The fourth-order valence-corrected chi connectivity index (χ4v) is 1.88. The lowest BCUT2D eigenvalue weighted by atomic mass is 10.1. The van der Waals surface area contributed by atoms with Gasteiger partial charge in [0.2, 0.25) is 5.91 Å². The Balaban J connectivity index is 2.26. The number of oxime groups is 1. The number of morpholine rings is 1. The van der Waals surface area contributed by atoms with E-state index in [9.17, 15) is 4.79 Å². The molecule has 0 saturated carbocycles. The maximum absolute atomic E-state index is 11.8. The highest BCUT2D eigenvalue weighted by Crippen LogP contribution is 2.02. The third kappa shape index (κ3) is 4.50. The first-order valence-corrected chi connectivity index (χ1v) is 6.24. The molecule has 1 aliphatic rings. The predicted molar refractivity (Wildman–Crippen MR) is 67.5 cm³/mol. The minimum atomic E-state index is -0.556. The van der Waals surface area contributed by atoms with Crippen LogP contribution < -0.4 is 11.1 Å². The third-order valence-corrected chi connectivity index (χ3v) is 3.03. The highest BCUT2D eigenvalue weighted by Gasteiger charge is 2.21. The van der Waals surface area contributed by atoms with Gasteiger partial charge in [0.05, 0.1) is 19.1 Å². The van der Waals surface area contributed by atoms with Crippen LogP contribution in [-0.4, -0.2) is 61.2 Å². The highest BCUT2D eigenvalue weighted by molar-refractivity contribution is 6.01. The van der Waals surface area contributed by atoms with Crippen LogP contribution in [0.5, 0.6) is 0 Å². The molecule has 1 aliphatic heterocycles. The smallest absolute Gasteiger partial charge is 0.230 e. The Kier molecular flexibility index (Phi) is 6.45. The van der Waals surface area contributed by atoms with Gasteiger partial charge in [0.1, 0.15) is 0 Å². The number of nitrogens with zero attached hydrogens (tertiary/aromatic N) is 2. The molecule has 7 heteroatoms. The predicted octanol–water partition coefficient (Wildman–Crippen LogP) is -0.793. The van der Waals surface area contributed by atoms with E-state index in [1.54, 1.807) is 0 Å². The van der Waals surface area contributed by atoms with E-state index in [-0.39, 0.29) is 11.7 Å². The van der Waals surface area contributed by atoms with Gasteiger partial charge < -0.3 is 21.0 Å². The van der Waals surface area contributed by atoms with Gasteiger partial charge in [-0.2, -0.15) is 0 Å². The Bertz CT molecular complexity index is 290. The first-order valence-electron chi connectivity index (χ1n) is 6.24. The standard InChI is InChI=1S/C11H22N4O3/c1-2-9(10(12)14-17)11(16)13-3-4-15-5-7-18-8-6-15/h9,17H,2-8H2,1H3,(H2,12,14)(H,13,16). The van der Waals surface area contributed by atoms with E-state index in [0.29, 0.717) is 13.0 Å². The lowest BCUT2D eigenvalue weighted by Gasteiger charge is -2.26. The summed E-state index contributed by atoms with van der Waals surface area (Å²) < 4.78 is 5.24. The van der Waals surface area contributed by atoms with Gasteiger partial charge in [-0.25, -0.2) is 0 Å². The van der Waals surface area contributed by atoms with Crippen LogP contribution in [0.2, 0.25) is 0 Å². The molecule has 18 heavy (non-hydrogen) atoms. The van der Waals surface area contributed by atoms with Gasteiger partial charge in [-0.05, 0) is 6.42 Å². The molecule has 1 saturated heterocycles. The molecule has 0 aromatic rings. The van der Waals surface area contributed by atoms with Crippen molar-refractivity contribution in [1.82, 2.24) is 10.2 Å². The van der Waals surface area contributed by atoms with E-state index in [1.807, 2.05) is 6.92 Å². The second-order valence-electron chi connectivity index (χ2n) is 4.23. The summed E-state index contributed by atoms with van der Waals surface area (Å²) >= 11 is 0. The summed E-state index contributed by atoms with van der Waals surface area (Å²) in [5, 5.41) is 14.3. The van der Waals surface area contributed by atoms with Crippen LogP contribution in [0.3, 0.4) is 0 Å². The number of hydrogen-bond donors (Lipinski definition) is 3. The van der Waals surface area contributed by atoms with Crippen LogP contribution in [0.1, 0.15) is 13.3 Å². The van der Waals surface area contributed by atoms with Crippen molar-refractivity contribution in [3.8, 4) is 0 Å². The second-order valence-corrected chi connectivity index (χ2v) is 4.23. The number of nitrogens with one attached hydrogen (secondary N) is 1. The van der Waals surface area contributed by atoms with Crippen LogP contribution in [0.4, 0.5) is 0 Å². The van der Waals surface area contributed by atoms with Gasteiger partial charge in [-0.3, -0.25) is 9.69 Å². The highest BCUT2D eigenvalue weighted by atomic mass is 16.5. The zero-order valence-corrected chi connectivity index (χ0v) is 10.8. The quantitative estimate of drug-likeness (QED) is 0.251. The van der Waals surface area contributed by atoms with Crippen molar-refractivity contribution in [3.05, 3.63) is 0 Å². The van der Waals surface area contributed by atoms with Crippen molar-refractivity contribution in [3.63, 3.8) is 0 Å². The molecule has 0 aromatic heterocycles. The van der Waals surface area contributed by atoms with Crippen molar-refractivity contribution >= 4 is 11.7 Å². The molecule has 1 rings (SSSR count). The summed E-state index contributed by atoms with van der Waals surface area (Å²) in [6.45, 7) is 6.46. The van der Waals surface area contributed by atoms with Crippen LogP contribution in [0.25, 0.3) is 0 Å². The Morgan fingerprint density at radius 1 is 1.56 bits per heavy atom. The average molecular weight is 258 g/mol. The minimum absolute atomic E-state index is 0.0404. The molecule has 0 radical (unpaired) electrons. The van der Waals surface area contributed by atoms with Crippen molar-refractivity contribution < 1.29 is 14.7 Å². The molecule has 104 valence electrons. The van der Waals surface area contributed by atoms with E-state index in [4.69, 9.17) is 15.7 Å². The first kappa shape index (κ1) is 14.7. The number of rotatable bonds is 6. The Labute approximate surface area is 107 Å². The number of ether oxygens (including phenoxy) is 1. The van der Waals surface area contributed by atoms with Gasteiger partial charge in [0, 0.05) is 26.2 Å². The zero-order chi connectivity index (χ0) is 13.4. The summed E-state index contributed by atoms with van der Waals surface area (Å²) in [7, 11) is 0. The van der Waals surface area contributed by atoms with Crippen molar-refractivity contribution in [2.24, 2.45) is 16.8 Å². The van der Waals surface area contributed by atoms with Crippen LogP contribution in [0, 0.1) is 5.92 Å². The molecule has 1 amide bonds. The summed E-state index contributed by atoms with van der Waals surface area (Å²) in [6, 6.07) is 0. The molecular formula is C11H22N4O3. The van der Waals surface area contributed by atoms with Gasteiger partial charge >= 0.3 is 0 Å². The van der Waals surface area contributed by atoms with Crippen molar-refractivity contribution in [2.75, 3.05) is 39.4 Å². The number of carbonyl (C=O) groups is 1. The largest absolute Gasteiger partial charge is 0.409 e. The molecule has 0 bridgehead atoms. The zero-order valence-electron chi connectivity index (χ0n) is 10.8.